The van der Waals surface area contributed by atoms with E-state index in [9.17, 15) is 0 Å². The molecule has 0 bridgehead atoms. The second kappa shape index (κ2) is 10.4. The zero-order chi connectivity index (χ0) is 19.0. The number of nitrogens with zero attached hydrogens (tertiary/aromatic N) is 2. The van der Waals surface area contributed by atoms with Gasteiger partial charge in [0.2, 0.25) is 0 Å². The zero-order valence-corrected chi connectivity index (χ0v) is 18.0. The standard InChI is InChI=1S/C15H10N.C11H8N.Ir/c1-2-6-12(7-3-1)15-10-13-8-4-5-9-14(13)11-16-15;1-2-6-10(7-3-1)11-8-4-5-9-12-11;/h1-6,8-11H;1-6,8-9H;/q2*-1;. The summed E-state index contributed by atoms with van der Waals surface area (Å²) in [5.41, 5.74) is 4.02. The molecule has 0 aliphatic heterocycles. The van der Waals surface area contributed by atoms with E-state index in [1.807, 2.05) is 85.1 Å². The first-order chi connectivity index (χ1) is 13.9. The van der Waals surface area contributed by atoms with Gasteiger partial charge in [-0.05, 0) is 28.2 Å². The number of pyridine rings is 2. The van der Waals surface area contributed by atoms with Gasteiger partial charge in [-0.15, -0.1) is 71.8 Å². The summed E-state index contributed by atoms with van der Waals surface area (Å²) in [6.07, 6.45) is 3.70. The van der Waals surface area contributed by atoms with E-state index in [4.69, 9.17) is 0 Å². The van der Waals surface area contributed by atoms with Gasteiger partial charge in [0.15, 0.2) is 0 Å². The van der Waals surface area contributed by atoms with Crippen LogP contribution >= 0.6 is 0 Å². The quantitative estimate of drug-likeness (QED) is 0.243. The summed E-state index contributed by atoms with van der Waals surface area (Å²) in [4.78, 5) is 8.66. The normalized spacial score (nSPS) is 9.79. The van der Waals surface area contributed by atoms with Crippen LogP contribution in [0.15, 0.2) is 109 Å². The largest absolute Gasteiger partial charge is 0.305 e. The van der Waals surface area contributed by atoms with Gasteiger partial charge in [-0.25, -0.2) is 0 Å². The van der Waals surface area contributed by atoms with Gasteiger partial charge >= 0.3 is 0 Å². The van der Waals surface area contributed by atoms with Crippen molar-refractivity contribution in [3.63, 3.8) is 0 Å². The molecule has 0 aliphatic rings. The van der Waals surface area contributed by atoms with Crippen LogP contribution in [0.5, 0.6) is 0 Å². The van der Waals surface area contributed by atoms with Gasteiger partial charge in [0, 0.05) is 32.5 Å². The summed E-state index contributed by atoms with van der Waals surface area (Å²) in [6.45, 7) is 0. The van der Waals surface area contributed by atoms with Crippen molar-refractivity contribution in [2.75, 3.05) is 0 Å². The number of hydrogen-bond donors (Lipinski definition) is 0. The number of hydrogen-bond acceptors (Lipinski definition) is 2. The fourth-order valence-electron chi connectivity index (χ4n) is 2.86. The fraction of sp³-hybridized carbons (Fsp3) is 0. The van der Waals surface area contributed by atoms with Gasteiger partial charge in [0.1, 0.15) is 0 Å². The van der Waals surface area contributed by atoms with E-state index in [-0.39, 0.29) is 20.1 Å². The molecule has 0 aliphatic carbocycles. The molecule has 5 rings (SSSR count). The van der Waals surface area contributed by atoms with E-state index >= 15 is 0 Å². The summed E-state index contributed by atoms with van der Waals surface area (Å²) in [5.74, 6) is 0. The first-order valence-electron chi connectivity index (χ1n) is 9.10. The molecule has 29 heavy (non-hydrogen) atoms. The molecule has 0 saturated heterocycles. The minimum atomic E-state index is 0. The van der Waals surface area contributed by atoms with E-state index in [1.165, 1.54) is 10.8 Å². The van der Waals surface area contributed by atoms with E-state index in [0.29, 0.717) is 0 Å². The van der Waals surface area contributed by atoms with Gasteiger partial charge in [0.05, 0.1) is 0 Å². The van der Waals surface area contributed by atoms with Crippen molar-refractivity contribution < 1.29 is 20.1 Å². The van der Waals surface area contributed by atoms with Crippen LogP contribution in [0.4, 0.5) is 0 Å². The Morgan fingerprint density at radius 3 is 1.79 bits per heavy atom. The second-order valence-corrected chi connectivity index (χ2v) is 6.18. The van der Waals surface area contributed by atoms with Crippen LogP contribution in [0.3, 0.4) is 0 Å². The Hall–Kier alpha value is -3.13. The average molecular weight is 551 g/mol. The molecule has 0 saturated carbocycles. The van der Waals surface area contributed by atoms with Crippen LogP contribution in [-0.4, -0.2) is 9.97 Å². The van der Waals surface area contributed by atoms with E-state index in [1.54, 1.807) is 6.20 Å². The molecule has 0 N–H and O–H groups in total. The number of rotatable bonds is 2. The molecule has 0 spiro atoms. The monoisotopic (exact) mass is 551 g/mol. The van der Waals surface area contributed by atoms with Gasteiger partial charge in [-0.1, -0.05) is 42.5 Å². The minimum absolute atomic E-state index is 0. The summed E-state index contributed by atoms with van der Waals surface area (Å²) in [7, 11) is 0. The third kappa shape index (κ3) is 5.45. The van der Waals surface area contributed by atoms with Crippen LogP contribution < -0.4 is 0 Å². The van der Waals surface area contributed by atoms with Crippen molar-refractivity contribution in [3.8, 4) is 22.5 Å². The summed E-state index contributed by atoms with van der Waals surface area (Å²) < 4.78 is 0. The molecule has 143 valence electrons. The molecule has 2 nitrogen and oxygen atoms in total. The Bertz CT molecular complexity index is 1110. The molecule has 2 aromatic heterocycles. The third-order valence-corrected chi connectivity index (χ3v) is 4.27. The zero-order valence-electron chi connectivity index (χ0n) is 15.6. The smallest absolute Gasteiger partial charge is 0.0239 e. The van der Waals surface area contributed by atoms with Crippen molar-refractivity contribution in [3.05, 3.63) is 122 Å². The molecule has 0 atom stereocenters. The van der Waals surface area contributed by atoms with E-state index in [2.05, 4.69) is 40.3 Å². The van der Waals surface area contributed by atoms with Crippen molar-refractivity contribution in [1.82, 2.24) is 9.97 Å². The summed E-state index contributed by atoms with van der Waals surface area (Å²) in [6, 6.07) is 38.2. The molecular formula is C26H18IrN2-2. The Labute approximate surface area is 184 Å². The Balaban J connectivity index is 0.000000167. The first kappa shape index (κ1) is 20.6. The third-order valence-electron chi connectivity index (χ3n) is 4.27. The van der Waals surface area contributed by atoms with Crippen LogP contribution in [0.25, 0.3) is 33.3 Å². The van der Waals surface area contributed by atoms with Gasteiger partial charge in [-0.2, -0.15) is 0 Å². The maximum atomic E-state index is 4.45. The van der Waals surface area contributed by atoms with E-state index in [0.717, 1.165) is 22.5 Å². The summed E-state index contributed by atoms with van der Waals surface area (Å²) in [5, 5.41) is 2.38. The molecule has 0 amide bonds. The van der Waals surface area contributed by atoms with Crippen molar-refractivity contribution in [2.45, 2.75) is 0 Å². The Morgan fingerprint density at radius 2 is 1.17 bits per heavy atom. The molecule has 3 heteroatoms. The van der Waals surface area contributed by atoms with Crippen molar-refractivity contribution >= 4 is 10.8 Å². The van der Waals surface area contributed by atoms with Crippen LogP contribution in [0.2, 0.25) is 0 Å². The second-order valence-electron chi connectivity index (χ2n) is 6.18. The van der Waals surface area contributed by atoms with Crippen molar-refractivity contribution in [1.29, 1.82) is 0 Å². The molecule has 2 heterocycles. The van der Waals surface area contributed by atoms with Crippen LogP contribution in [-0.2, 0) is 20.1 Å². The minimum Gasteiger partial charge on any atom is -0.305 e. The number of benzene rings is 3. The Kier molecular flexibility index (Phi) is 7.40. The first-order valence-corrected chi connectivity index (χ1v) is 9.10. The van der Waals surface area contributed by atoms with E-state index < -0.39 is 0 Å². The maximum absolute atomic E-state index is 4.45. The molecule has 5 aromatic rings. The van der Waals surface area contributed by atoms with Gasteiger partial charge in [0.25, 0.3) is 0 Å². The van der Waals surface area contributed by atoms with Crippen LogP contribution in [0.1, 0.15) is 0 Å². The number of fused-ring (bicyclic) bond motifs is 1. The van der Waals surface area contributed by atoms with Crippen molar-refractivity contribution in [2.24, 2.45) is 0 Å². The molecule has 0 unspecified atom stereocenters. The topological polar surface area (TPSA) is 25.8 Å². The van der Waals surface area contributed by atoms with Gasteiger partial charge < -0.3 is 9.97 Å². The SMILES string of the molecule is [Ir].[c-]1ccccc1-c1cc2ccccc2cn1.[c-]1ccccc1-c1ccccn1. The Morgan fingerprint density at radius 1 is 0.552 bits per heavy atom. The number of aromatic nitrogens is 2. The fourth-order valence-corrected chi connectivity index (χ4v) is 2.86. The molecule has 1 radical (unpaired) electrons. The summed E-state index contributed by atoms with van der Waals surface area (Å²) >= 11 is 0. The maximum Gasteiger partial charge on any atom is 0.0239 e. The van der Waals surface area contributed by atoms with Crippen LogP contribution in [0, 0.1) is 12.1 Å². The average Bonchev–Trinajstić information content (AvgIpc) is 2.81. The van der Waals surface area contributed by atoms with Gasteiger partial charge in [-0.3, -0.25) is 0 Å². The predicted octanol–water partition coefficient (Wildman–Crippen LogP) is 6.25. The molecular weight excluding hydrogens is 533 g/mol. The molecule has 0 fully saturated rings. The predicted molar refractivity (Wildman–Crippen MR) is 115 cm³/mol. The molecule has 3 aromatic carbocycles.